The molecule has 1 heterocycles. The number of hydrogen-bond acceptors (Lipinski definition) is 1. The largest absolute Gasteiger partial charge is 0.135 e. The molecule has 1 heteroatoms. The summed E-state index contributed by atoms with van der Waals surface area (Å²) in [7, 11) is 0. The molecular weight excluding hydrogens is 428 g/mol. The van der Waals surface area contributed by atoms with Gasteiger partial charge in [0.1, 0.15) is 0 Å². The number of allylic oxidation sites excluding steroid dienone is 2. The fraction of sp³-hybridized carbons (Fsp3) is 0.0303. The Morgan fingerprint density at radius 1 is 0.529 bits per heavy atom. The standard InChI is InChI=1S/C33H20S/c1-2-6-22-16-29-28-17-24(14-15-30(28)34-31(29)19-23(22)7-3-1)27-18-25-10-4-8-20-12-13-21-9-5-11-26(27)33(21)32(20)25/h2-19H,1H2. The van der Waals surface area contributed by atoms with Crippen LogP contribution in [0.4, 0.5) is 0 Å². The van der Waals surface area contributed by atoms with E-state index >= 15 is 0 Å². The van der Waals surface area contributed by atoms with Crippen LogP contribution in [0.2, 0.25) is 0 Å². The van der Waals surface area contributed by atoms with Crippen LogP contribution >= 0.6 is 11.3 Å². The van der Waals surface area contributed by atoms with Crippen LogP contribution in [0.25, 0.3) is 75.8 Å². The van der Waals surface area contributed by atoms with E-state index in [0.29, 0.717) is 0 Å². The Bertz CT molecular complexity index is 1980. The summed E-state index contributed by atoms with van der Waals surface area (Å²) in [6, 6.07) is 32.0. The van der Waals surface area contributed by atoms with Crippen LogP contribution in [-0.4, -0.2) is 0 Å². The smallest absolute Gasteiger partial charge is 0.0361 e. The lowest BCUT2D eigenvalue weighted by atomic mass is 9.89. The summed E-state index contributed by atoms with van der Waals surface area (Å²) in [6.07, 6.45) is 10.0. The lowest BCUT2D eigenvalue weighted by molar-refractivity contribution is 1.44. The number of fused-ring (bicyclic) bond motifs is 4. The van der Waals surface area contributed by atoms with Crippen LogP contribution in [0, 0.1) is 0 Å². The van der Waals surface area contributed by atoms with Gasteiger partial charge in [0.25, 0.3) is 0 Å². The summed E-state index contributed by atoms with van der Waals surface area (Å²) < 4.78 is 2.71. The quantitative estimate of drug-likeness (QED) is 0.219. The van der Waals surface area contributed by atoms with E-state index in [9.17, 15) is 0 Å². The molecule has 0 aliphatic heterocycles. The molecule has 0 fully saturated rings. The molecule has 0 radical (unpaired) electrons. The maximum Gasteiger partial charge on any atom is 0.0361 e. The van der Waals surface area contributed by atoms with Gasteiger partial charge in [-0.2, -0.15) is 0 Å². The van der Waals surface area contributed by atoms with Gasteiger partial charge >= 0.3 is 0 Å². The van der Waals surface area contributed by atoms with Gasteiger partial charge in [-0.05, 0) is 91.3 Å². The van der Waals surface area contributed by atoms with E-state index in [1.807, 2.05) is 11.3 Å². The van der Waals surface area contributed by atoms with Gasteiger partial charge in [0, 0.05) is 20.2 Å². The molecule has 0 bridgehead atoms. The summed E-state index contributed by atoms with van der Waals surface area (Å²) in [5.41, 5.74) is 5.24. The van der Waals surface area contributed by atoms with Crippen molar-refractivity contribution >= 4 is 76.0 Å². The van der Waals surface area contributed by atoms with Gasteiger partial charge < -0.3 is 0 Å². The first kappa shape index (κ1) is 18.5. The van der Waals surface area contributed by atoms with E-state index in [1.54, 1.807) is 0 Å². The first-order chi connectivity index (χ1) is 16.8. The summed E-state index contributed by atoms with van der Waals surface area (Å²) in [6.45, 7) is 0. The van der Waals surface area contributed by atoms with Crippen molar-refractivity contribution in [3.05, 3.63) is 108 Å². The van der Waals surface area contributed by atoms with E-state index in [-0.39, 0.29) is 0 Å². The fourth-order valence-corrected chi connectivity index (χ4v) is 6.90. The minimum absolute atomic E-state index is 1.00. The zero-order valence-electron chi connectivity index (χ0n) is 18.5. The Balaban J connectivity index is 1.45. The molecule has 0 N–H and O–H groups in total. The molecule has 158 valence electrons. The highest BCUT2D eigenvalue weighted by Crippen LogP contribution is 2.43. The van der Waals surface area contributed by atoms with Crippen molar-refractivity contribution in [3.8, 4) is 11.1 Å². The molecule has 0 nitrogen and oxygen atoms in total. The van der Waals surface area contributed by atoms with Gasteiger partial charge in [0.2, 0.25) is 0 Å². The normalized spacial score (nSPS) is 13.5. The van der Waals surface area contributed by atoms with Crippen LogP contribution in [0.1, 0.15) is 17.5 Å². The number of benzene rings is 6. The molecule has 7 aromatic rings. The molecular formula is C33H20S. The highest BCUT2D eigenvalue weighted by atomic mass is 32.1. The SMILES string of the molecule is C1=Cc2cc3sc4ccc(-c5cc6cccc7ccc8cccc5c8c76)cc4c3cc2C=CC1. The third-order valence-electron chi connectivity index (χ3n) is 7.36. The Kier molecular flexibility index (Phi) is 3.69. The Morgan fingerprint density at radius 3 is 2.15 bits per heavy atom. The van der Waals surface area contributed by atoms with Crippen LogP contribution in [0.5, 0.6) is 0 Å². The second-order valence-electron chi connectivity index (χ2n) is 9.30. The molecule has 8 rings (SSSR count). The van der Waals surface area contributed by atoms with Crippen molar-refractivity contribution in [3.63, 3.8) is 0 Å². The summed E-state index contributed by atoms with van der Waals surface area (Å²) in [5.74, 6) is 0. The lowest BCUT2D eigenvalue weighted by Gasteiger charge is -2.15. The van der Waals surface area contributed by atoms with Crippen molar-refractivity contribution in [2.75, 3.05) is 0 Å². The van der Waals surface area contributed by atoms with E-state index in [1.165, 1.54) is 74.7 Å². The molecule has 0 atom stereocenters. The van der Waals surface area contributed by atoms with Crippen molar-refractivity contribution in [2.45, 2.75) is 6.42 Å². The summed E-state index contributed by atoms with van der Waals surface area (Å²) in [5, 5.41) is 10.7. The van der Waals surface area contributed by atoms with Crippen LogP contribution in [-0.2, 0) is 0 Å². The monoisotopic (exact) mass is 448 g/mol. The molecule has 0 spiro atoms. The molecule has 34 heavy (non-hydrogen) atoms. The maximum atomic E-state index is 2.41. The first-order valence-corrected chi connectivity index (χ1v) is 12.7. The highest BCUT2D eigenvalue weighted by molar-refractivity contribution is 7.25. The Hall–Kier alpha value is -3.94. The third kappa shape index (κ3) is 2.53. The summed E-state index contributed by atoms with van der Waals surface area (Å²) >= 11 is 1.90. The van der Waals surface area contributed by atoms with E-state index in [2.05, 4.69) is 109 Å². The van der Waals surface area contributed by atoms with Crippen LogP contribution < -0.4 is 0 Å². The average molecular weight is 449 g/mol. The van der Waals surface area contributed by atoms with Crippen molar-refractivity contribution in [2.24, 2.45) is 0 Å². The van der Waals surface area contributed by atoms with Crippen molar-refractivity contribution in [1.82, 2.24) is 0 Å². The van der Waals surface area contributed by atoms with Crippen molar-refractivity contribution in [1.29, 1.82) is 0 Å². The lowest BCUT2D eigenvalue weighted by Crippen LogP contribution is -1.87. The molecule has 1 aromatic heterocycles. The number of thiophene rings is 1. The van der Waals surface area contributed by atoms with Crippen LogP contribution in [0.15, 0.2) is 97.1 Å². The number of rotatable bonds is 1. The van der Waals surface area contributed by atoms with Crippen molar-refractivity contribution < 1.29 is 0 Å². The van der Waals surface area contributed by atoms with Gasteiger partial charge in [0.15, 0.2) is 0 Å². The average Bonchev–Trinajstić information content (AvgIpc) is 3.06. The Labute approximate surface area is 201 Å². The molecule has 6 aromatic carbocycles. The highest BCUT2D eigenvalue weighted by Gasteiger charge is 2.15. The second-order valence-corrected chi connectivity index (χ2v) is 10.4. The molecule has 1 aliphatic rings. The third-order valence-corrected chi connectivity index (χ3v) is 8.49. The van der Waals surface area contributed by atoms with Gasteiger partial charge in [-0.25, -0.2) is 0 Å². The first-order valence-electron chi connectivity index (χ1n) is 11.8. The molecule has 0 amide bonds. The maximum absolute atomic E-state index is 2.41. The molecule has 0 saturated carbocycles. The van der Waals surface area contributed by atoms with Crippen LogP contribution in [0.3, 0.4) is 0 Å². The number of hydrogen-bond donors (Lipinski definition) is 0. The fourth-order valence-electron chi connectivity index (χ4n) is 5.78. The van der Waals surface area contributed by atoms with E-state index in [4.69, 9.17) is 0 Å². The predicted octanol–water partition coefficient (Wildman–Crippen LogP) is 10.0. The zero-order chi connectivity index (χ0) is 22.2. The molecule has 0 unspecified atom stereocenters. The van der Waals surface area contributed by atoms with Gasteiger partial charge in [-0.3, -0.25) is 0 Å². The molecule has 0 saturated heterocycles. The van der Waals surface area contributed by atoms with E-state index < -0.39 is 0 Å². The summed E-state index contributed by atoms with van der Waals surface area (Å²) in [4.78, 5) is 0. The molecule has 1 aliphatic carbocycles. The van der Waals surface area contributed by atoms with E-state index in [0.717, 1.165) is 6.42 Å². The minimum atomic E-state index is 1.00. The predicted molar refractivity (Wildman–Crippen MR) is 151 cm³/mol. The second kappa shape index (κ2) is 6.79. The minimum Gasteiger partial charge on any atom is -0.135 e. The van der Waals surface area contributed by atoms with Gasteiger partial charge in [0.05, 0.1) is 0 Å². The Morgan fingerprint density at radius 2 is 1.26 bits per heavy atom. The topological polar surface area (TPSA) is 0 Å². The van der Waals surface area contributed by atoms with Gasteiger partial charge in [-0.1, -0.05) is 78.9 Å². The van der Waals surface area contributed by atoms with Gasteiger partial charge in [-0.15, -0.1) is 11.3 Å². The zero-order valence-corrected chi connectivity index (χ0v) is 19.3.